The van der Waals surface area contributed by atoms with Crippen LogP contribution in [0.2, 0.25) is 0 Å². The fraction of sp³-hybridized carbons (Fsp3) is 0.312. The fourth-order valence-corrected chi connectivity index (χ4v) is 3.47. The van der Waals surface area contributed by atoms with Gasteiger partial charge in [0.05, 0.1) is 12.2 Å². The van der Waals surface area contributed by atoms with Gasteiger partial charge in [-0.15, -0.1) is 11.3 Å². The Balaban J connectivity index is 1.51. The maximum atomic E-state index is 13.5. The molecule has 3 N–H and O–H groups in total. The standard InChI is InChI=1S/C16H18F2N4S/c17-12-1-2-13(18)14(9-12)21-16(19)20-5-7-22-6-3-15-11(10-22)4-8-23-15/h1-2,4,8-9H,3,5-7,10H2,(H3,19,20,21). The summed E-state index contributed by atoms with van der Waals surface area (Å²) in [5.41, 5.74) is 7.11. The van der Waals surface area contributed by atoms with Gasteiger partial charge in [0, 0.05) is 30.6 Å². The number of rotatable bonds is 4. The molecule has 0 unspecified atom stereocenters. The number of nitrogens with two attached hydrogens (primary N) is 1. The third-order valence-electron chi connectivity index (χ3n) is 3.78. The topological polar surface area (TPSA) is 53.6 Å². The van der Waals surface area contributed by atoms with Gasteiger partial charge < -0.3 is 11.1 Å². The molecule has 4 nitrogen and oxygen atoms in total. The normalized spacial score (nSPS) is 15.5. The third kappa shape index (κ3) is 4.05. The average Bonchev–Trinajstić information content (AvgIpc) is 2.98. The Morgan fingerprint density at radius 1 is 1.35 bits per heavy atom. The number of hydrogen-bond donors (Lipinski definition) is 2. The zero-order valence-corrected chi connectivity index (χ0v) is 13.4. The predicted molar refractivity (Wildman–Crippen MR) is 89.8 cm³/mol. The molecule has 3 rings (SSSR count). The predicted octanol–water partition coefficient (Wildman–Crippen LogP) is 2.81. The van der Waals surface area contributed by atoms with Crippen LogP contribution in [0.5, 0.6) is 0 Å². The summed E-state index contributed by atoms with van der Waals surface area (Å²) in [4.78, 5) is 7.96. The Labute approximate surface area is 137 Å². The highest BCUT2D eigenvalue weighted by molar-refractivity contribution is 7.10. The van der Waals surface area contributed by atoms with Crippen LogP contribution in [0.4, 0.5) is 14.5 Å². The lowest BCUT2D eigenvalue weighted by molar-refractivity contribution is 0.264. The Morgan fingerprint density at radius 2 is 2.22 bits per heavy atom. The Morgan fingerprint density at radius 3 is 3.09 bits per heavy atom. The second-order valence-electron chi connectivity index (χ2n) is 5.41. The van der Waals surface area contributed by atoms with Gasteiger partial charge in [-0.3, -0.25) is 9.89 Å². The first-order chi connectivity index (χ1) is 11.1. The van der Waals surface area contributed by atoms with Gasteiger partial charge in [-0.2, -0.15) is 0 Å². The number of nitrogens with one attached hydrogen (secondary N) is 1. The number of fused-ring (bicyclic) bond motifs is 1. The van der Waals surface area contributed by atoms with Crippen LogP contribution in [-0.2, 0) is 13.0 Å². The fourth-order valence-electron chi connectivity index (χ4n) is 2.58. The number of benzene rings is 1. The molecule has 2 aromatic rings. The quantitative estimate of drug-likeness (QED) is 0.667. The minimum absolute atomic E-state index is 0.00728. The minimum Gasteiger partial charge on any atom is -0.370 e. The number of halogens is 2. The van der Waals surface area contributed by atoms with Gasteiger partial charge in [0.2, 0.25) is 0 Å². The van der Waals surface area contributed by atoms with Crippen molar-refractivity contribution in [3.63, 3.8) is 0 Å². The second kappa shape index (κ2) is 7.06. The van der Waals surface area contributed by atoms with Crippen LogP contribution in [0.3, 0.4) is 0 Å². The number of hydrogen-bond acceptors (Lipinski definition) is 3. The second-order valence-corrected chi connectivity index (χ2v) is 6.41. The smallest absolute Gasteiger partial charge is 0.193 e. The molecule has 0 fully saturated rings. The van der Waals surface area contributed by atoms with E-state index in [1.54, 1.807) is 0 Å². The largest absolute Gasteiger partial charge is 0.370 e. The summed E-state index contributed by atoms with van der Waals surface area (Å²) in [5, 5.41) is 4.72. The molecule has 1 aromatic carbocycles. The molecule has 23 heavy (non-hydrogen) atoms. The summed E-state index contributed by atoms with van der Waals surface area (Å²) in [5.74, 6) is -1.00. The van der Waals surface area contributed by atoms with Crippen molar-refractivity contribution < 1.29 is 8.78 Å². The molecule has 0 saturated heterocycles. The van der Waals surface area contributed by atoms with Gasteiger partial charge in [-0.05, 0) is 35.6 Å². The highest BCUT2D eigenvalue weighted by Gasteiger charge is 2.16. The maximum absolute atomic E-state index is 13.5. The van der Waals surface area contributed by atoms with Crippen molar-refractivity contribution in [3.8, 4) is 0 Å². The molecule has 0 spiro atoms. The summed E-state index contributed by atoms with van der Waals surface area (Å²) in [6.45, 7) is 3.23. The molecule has 0 saturated carbocycles. The lowest BCUT2D eigenvalue weighted by atomic mass is 10.1. The minimum atomic E-state index is -0.564. The van der Waals surface area contributed by atoms with Crippen LogP contribution in [0.15, 0.2) is 34.6 Å². The zero-order valence-electron chi connectivity index (χ0n) is 12.6. The van der Waals surface area contributed by atoms with E-state index in [9.17, 15) is 8.78 Å². The van der Waals surface area contributed by atoms with Gasteiger partial charge in [-0.1, -0.05) is 0 Å². The molecule has 0 atom stereocenters. The van der Waals surface area contributed by atoms with Gasteiger partial charge >= 0.3 is 0 Å². The average molecular weight is 336 g/mol. The highest BCUT2D eigenvalue weighted by atomic mass is 32.1. The first-order valence-electron chi connectivity index (χ1n) is 7.41. The van der Waals surface area contributed by atoms with E-state index < -0.39 is 11.6 Å². The summed E-state index contributed by atoms with van der Waals surface area (Å²) in [7, 11) is 0. The molecular formula is C16H18F2N4S. The number of aliphatic imine (C=N–C) groups is 1. The highest BCUT2D eigenvalue weighted by Crippen LogP contribution is 2.23. The van der Waals surface area contributed by atoms with Crippen molar-refractivity contribution in [2.45, 2.75) is 13.0 Å². The molecule has 0 radical (unpaired) electrons. The molecule has 0 bridgehead atoms. The van der Waals surface area contributed by atoms with Gasteiger partial charge in [0.15, 0.2) is 5.96 Å². The van der Waals surface area contributed by atoms with E-state index in [2.05, 4.69) is 26.7 Å². The molecule has 1 aromatic heterocycles. The van der Waals surface area contributed by atoms with Crippen molar-refractivity contribution in [2.24, 2.45) is 10.7 Å². The van der Waals surface area contributed by atoms with Crippen molar-refractivity contribution in [3.05, 3.63) is 51.7 Å². The van der Waals surface area contributed by atoms with Crippen LogP contribution >= 0.6 is 11.3 Å². The lowest BCUT2D eigenvalue weighted by Gasteiger charge is -2.26. The first-order valence-corrected chi connectivity index (χ1v) is 8.29. The van der Waals surface area contributed by atoms with E-state index in [1.807, 2.05) is 11.3 Å². The van der Waals surface area contributed by atoms with Crippen LogP contribution in [0, 0.1) is 11.6 Å². The molecule has 0 aliphatic carbocycles. The van der Waals surface area contributed by atoms with E-state index >= 15 is 0 Å². The van der Waals surface area contributed by atoms with E-state index in [0.717, 1.165) is 44.3 Å². The van der Waals surface area contributed by atoms with Crippen molar-refractivity contribution >= 4 is 23.0 Å². The molecule has 1 aliphatic rings. The lowest BCUT2D eigenvalue weighted by Crippen LogP contribution is -2.32. The monoisotopic (exact) mass is 336 g/mol. The van der Waals surface area contributed by atoms with Gasteiger partial charge in [0.25, 0.3) is 0 Å². The Kier molecular flexibility index (Phi) is 4.88. The summed E-state index contributed by atoms with van der Waals surface area (Å²) >= 11 is 1.81. The number of anilines is 1. The molecular weight excluding hydrogens is 318 g/mol. The van der Waals surface area contributed by atoms with Gasteiger partial charge in [0.1, 0.15) is 11.6 Å². The van der Waals surface area contributed by atoms with Crippen LogP contribution in [-0.4, -0.2) is 30.5 Å². The van der Waals surface area contributed by atoms with E-state index in [-0.39, 0.29) is 11.6 Å². The third-order valence-corrected chi connectivity index (χ3v) is 4.80. The number of thiophene rings is 1. The van der Waals surface area contributed by atoms with Crippen molar-refractivity contribution in [1.82, 2.24) is 4.90 Å². The Bertz CT molecular complexity index is 714. The Hall–Kier alpha value is -1.99. The van der Waals surface area contributed by atoms with E-state index in [4.69, 9.17) is 5.73 Å². The zero-order chi connectivity index (χ0) is 16.2. The van der Waals surface area contributed by atoms with Crippen LogP contribution < -0.4 is 11.1 Å². The molecule has 7 heteroatoms. The molecule has 0 amide bonds. The van der Waals surface area contributed by atoms with Crippen molar-refractivity contribution in [1.29, 1.82) is 0 Å². The number of nitrogens with zero attached hydrogens (tertiary/aromatic N) is 2. The molecule has 122 valence electrons. The summed E-state index contributed by atoms with van der Waals surface area (Å²) < 4.78 is 26.6. The summed E-state index contributed by atoms with van der Waals surface area (Å²) in [6.07, 6.45) is 1.07. The first kappa shape index (κ1) is 15.9. The number of guanidine groups is 1. The van der Waals surface area contributed by atoms with Gasteiger partial charge in [-0.25, -0.2) is 8.78 Å². The molecule has 2 heterocycles. The van der Waals surface area contributed by atoms with Crippen LogP contribution in [0.1, 0.15) is 10.4 Å². The van der Waals surface area contributed by atoms with Crippen molar-refractivity contribution in [2.75, 3.05) is 25.0 Å². The van der Waals surface area contributed by atoms with E-state index in [0.29, 0.717) is 6.54 Å². The maximum Gasteiger partial charge on any atom is 0.193 e. The molecule has 1 aliphatic heterocycles. The SMILES string of the molecule is NC(=NCCN1CCc2sccc2C1)Nc1cc(F)ccc1F. The summed E-state index contributed by atoms with van der Waals surface area (Å²) in [6, 6.07) is 5.33. The van der Waals surface area contributed by atoms with E-state index in [1.165, 1.54) is 10.4 Å². The van der Waals surface area contributed by atoms with Crippen LogP contribution in [0.25, 0.3) is 0 Å².